The minimum atomic E-state index is -3.36. The number of fused-ring (bicyclic) bond motifs is 2. The molecule has 0 amide bonds. The predicted molar refractivity (Wildman–Crippen MR) is 47.5 cm³/mol. The number of hydrogen-bond donors (Lipinski definition) is 0. The fourth-order valence-corrected chi connectivity index (χ4v) is 4.46. The normalized spacial score (nSPS) is 41.6. The van der Waals surface area contributed by atoms with Gasteiger partial charge in [-0.15, -0.1) is 0 Å². The first kappa shape index (κ1) is 8.78. The molecule has 3 nitrogen and oxygen atoms in total. The van der Waals surface area contributed by atoms with Crippen molar-refractivity contribution in [3.8, 4) is 0 Å². The summed E-state index contributed by atoms with van der Waals surface area (Å²) >= 11 is 0. The van der Waals surface area contributed by atoms with Crippen molar-refractivity contribution in [3.63, 3.8) is 0 Å². The number of nitrogens with zero attached hydrogens (tertiary/aromatic N) is 1. The largest absolute Gasteiger partial charge is 0.286 e. The van der Waals surface area contributed by atoms with Crippen molar-refractivity contribution in [3.05, 3.63) is 0 Å². The topological polar surface area (TPSA) is 37.4 Å². The number of piperidine rings is 1. The van der Waals surface area contributed by atoms with Gasteiger partial charge in [0.1, 0.15) is 5.37 Å². The Hall–Kier alpha value is 0.200. The average molecular weight is 210 g/mol. The molecule has 0 saturated carbocycles. The molecule has 0 aromatic rings. The van der Waals surface area contributed by atoms with E-state index in [9.17, 15) is 8.42 Å². The first-order valence-electron chi connectivity index (χ1n) is 4.26. The summed E-state index contributed by atoms with van der Waals surface area (Å²) in [6.45, 7) is 1.80. The van der Waals surface area contributed by atoms with E-state index in [1.165, 1.54) is 0 Å². The SMILES string of the molecule is O=S(=O)(Cl)C1C2CCCN1CC2. The van der Waals surface area contributed by atoms with Crippen LogP contribution in [0.25, 0.3) is 0 Å². The molecule has 5 heteroatoms. The molecule has 0 spiro atoms. The van der Waals surface area contributed by atoms with Crippen LogP contribution in [0.1, 0.15) is 19.3 Å². The van der Waals surface area contributed by atoms with Gasteiger partial charge in [0, 0.05) is 10.7 Å². The van der Waals surface area contributed by atoms with Gasteiger partial charge in [0.2, 0.25) is 9.05 Å². The lowest BCUT2D eigenvalue weighted by molar-refractivity contribution is 0.235. The average Bonchev–Trinajstić information content (AvgIpc) is 2.23. The van der Waals surface area contributed by atoms with Crippen molar-refractivity contribution in [2.24, 2.45) is 5.92 Å². The van der Waals surface area contributed by atoms with Crippen molar-refractivity contribution in [1.82, 2.24) is 4.90 Å². The van der Waals surface area contributed by atoms with Gasteiger partial charge in [-0.1, -0.05) is 0 Å². The zero-order valence-electron chi connectivity index (χ0n) is 6.74. The highest BCUT2D eigenvalue weighted by atomic mass is 35.7. The maximum absolute atomic E-state index is 11.2. The van der Waals surface area contributed by atoms with Gasteiger partial charge < -0.3 is 0 Å². The molecule has 12 heavy (non-hydrogen) atoms. The zero-order valence-corrected chi connectivity index (χ0v) is 8.31. The van der Waals surface area contributed by atoms with Crippen LogP contribution >= 0.6 is 10.7 Å². The third-order valence-electron chi connectivity index (χ3n) is 2.86. The quantitative estimate of drug-likeness (QED) is 0.605. The van der Waals surface area contributed by atoms with Gasteiger partial charge in [0.25, 0.3) is 0 Å². The number of rotatable bonds is 1. The molecule has 0 aliphatic carbocycles. The molecule has 0 aromatic carbocycles. The molecule has 3 atom stereocenters. The van der Waals surface area contributed by atoms with E-state index in [4.69, 9.17) is 10.7 Å². The first-order valence-corrected chi connectivity index (χ1v) is 6.64. The third-order valence-corrected chi connectivity index (χ3v) is 4.67. The van der Waals surface area contributed by atoms with Crippen LogP contribution in [0, 0.1) is 5.92 Å². The predicted octanol–water partition coefficient (Wildman–Crippen LogP) is 0.997. The van der Waals surface area contributed by atoms with Gasteiger partial charge in [0.15, 0.2) is 0 Å². The van der Waals surface area contributed by atoms with Crippen LogP contribution in [-0.2, 0) is 9.05 Å². The Labute approximate surface area is 77.1 Å². The smallest absolute Gasteiger partial charge is 0.249 e. The molecule has 3 unspecified atom stereocenters. The van der Waals surface area contributed by atoms with E-state index in [0.717, 1.165) is 32.4 Å². The van der Waals surface area contributed by atoms with E-state index < -0.39 is 9.05 Å². The Kier molecular flexibility index (Phi) is 2.09. The Bertz CT molecular complexity index is 261. The molecule has 70 valence electrons. The molecular formula is C7H12ClNO2S. The molecule has 0 aromatic heterocycles. The zero-order chi connectivity index (χ0) is 8.77. The van der Waals surface area contributed by atoms with Gasteiger partial charge >= 0.3 is 0 Å². The highest BCUT2D eigenvalue weighted by Gasteiger charge is 2.44. The molecule has 2 saturated heterocycles. The van der Waals surface area contributed by atoms with Crippen LogP contribution in [0.3, 0.4) is 0 Å². The summed E-state index contributed by atoms with van der Waals surface area (Å²) in [7, 11) is 2.01. The number of hydrogen-bond acceptors (Lipinski definition) is 3. The maximum atomic E-state index is 11.2. The van der Waals surface area contributed by atoms with E-state index in [2.05, 4.69) is 0 Å². The summed E-state index contributed by atoms with van der Waals surface area (Å²) in [6.07, 6.45) is 3.14. The summed E-state index contributed by atoms with van der Waals surface area (Å²) in [6, 6.07) is 0. The molecule has 2 bridgehead atoms. The van der Waals surface area contributed by atoms with Crippen LogP contribution in [0.15, 0.2) is 0 Å². The summed E-state index contributed by atoms with van der Waals surface area (Å²) in [5, 5.41) is -0.382. The van der Waals surface area contributed by atoms with Gasteiger partial charge in [-0.05, 0) is 38.3 Å². The highest BCUT2D eigenvalue weighted by molar-refractivity contribution is 8.14. The lowest BCUT2D eigenvalue weighted by atomic mass is 10.0. The van der Waals surface area contributed by atoms with Crippen molar-refractivity contribution < 1.29 is 8.42 Å². The van der Waals surface area contributed by atoms with Crippen LogP contribution in [0.2, 0.25) is 0 Å². The van der Waals surface area contributed by atoms with Crippen molar-refractivity contribution in [1.29, 1.82) is 0 Å². The van der Waals surface area contributed by atoms with Crippen LogP contribution in [0.5, 0.6) is 0 Å². The van der Waals surface area contributed by atoms with Crippen LogP contribution in [-0.4, -0.2) is 31.8 Å². The van der Waals surface area contributed by atoms with Crippen molar-refractivity contribution in [2.75, 3.05) is 13.1 Å². The Morgan fingerprint density at radius 2 is 2.00 bits per heavy atom. The lowest BCUT2D eigenvalue weighted by Gasteiger charge is -2.29. The van der Waals surface area contributed by atoms with E-state index in [0.29, 0.717) is 5.92 Å². The van der Waals surface area contributed by atoms with E-state index >= 15 is 0 Å². The summed E-state index contributed by atoms with van der Waals surface area (Å²) in [4.78, 5) is 2.00. The Morgan fingerprint density at radius 1 is 1.25 bits per heavy atom. The Morgan fingerprint density at radius 3 is 2.50 bits per heavy atom. The van der Waals surface area contributed by atoms with Crippen molar-refractivity contribution >= 4 is 19.7 Å². The fourth-order valence-electron chi connectivity index (χ4n) is 2.39. The number of halogens is 1. The van der Waals surface area contributed by atoms with E-state index in [1.54, 1.807) is 0 Å². The molecule has 0 N–H and O–H groups in total. The fraction of sp³-hybridized carbons (Fsp3) is 1.00. The van der Waals surface area contributed by atoms with Gasteiger partial charge in [-0.3, -0.25) is 4.90 Å². The van der Waals surface area contributed by atoms with E-state index in [-0.39, 0.29) is 5.37 Å². The third kappa shape index (κ3) is 1.36. The van der Waals surface area contributed by atoms with Crippen LogP contribution in [0.4, 0.5) is 0 Å². The summed E-state index contributed by atoms with van der Waals surface area (Å²) in [5.41, 5.74) is 0. The van der Waals surface area contributed by atoms with Crippen LogP contribution < -0.4 is 0 Å². The highest BCUT2D eigenvalue weighted by Crippen LogP contribution is 2.37. The molecular weight excluding hydrogens is 198 g/mol. The van der Waals surface area contributed by atoms with Gasteiger partial charge in [0.05, 0.1) is 0 Å². The maximum Gasteiger partial charge on any atom is 0.249 e. The Balaban J connectivity index is 2.27. The molecule has 2 aliphatic rings. The second-order valence-corrected chi connectivity index (χ2v) is 6.32. The molecule has 2 aliphatic heterocycles. The van der Waals surface area contributed by atoms with E-state index in [1.807, 2.05) is 4.90 Å². The molecule has 2 fully saturated rings. The summed E-state index contributed by atoms with van der Waals surface area (Å²) in [5.74, 6) is 0.293. The molecule has 0 radical (unpaired) electrons. The second-order valence-electron chi connectivity index (χ2n) is 3.59. The lowest BCUT2D eigenvalue weighted by Crippen LogP contribution is -2.41. The second kappa shape index (κ2) is 2.86. The minimum absolute atomic E-state index is 0.293. The van der Waals surface area contributed by atoms with Crippen molar-refractivity contribution in [2.45, 2.75) is 24.6 Å². The minimum Gasteiger partial charge on any atom is -0.286 e. The molecule has 2 rings (SSSR count). The van der Waals surface area contributed by atoms with Gasteiger partial charge in [-0.25, -0.2) is 8.42 Å². The first-order chi connectivity index (χ1) is 5.59. The monoisotopic (exact) mass is 209 g/mol. The summed E-state index contributed by atoms with van der Waals surface area (Å²) < 4.78 is 22.3. The standard InChI is InChI=1S/C7H12ClNO2S/c8-12(10,11)7-6-2-1-4-9(7)5-3-6/h6-7H,1-5H2. The molecule has 2 heterocycles. The van der Waals surface area contributed by atoms with Gasteiger partial charge in [-0.2, -0.15) is 0 Å².